The van der Waals surface area contributed by atoms with Crippen LogP contribution in [0.2, 0.25) is 0 Å². The number of aromatic nitrogens is 4. The van der Waals surface area contributed by atoms with Gasteiger partial charge >= 0.3 is 5.97 Å². The summed E-state index contributed by atoms with van der Waals surface area (Å²) in [5.74, 6) is -0.757. The van der Waals surface area contributed by atoms with Crippen LogP contribution in [0.3, 0.4) is 0 Å². The third-order valence-electron chi connectivity index (χ3n) is 3.57. The summed E-state index contributed by atoms with van der Waals surface area (Å²) in [5.41, 5.74) is 1.07. The molecule has 0 aliphatic carbocycles. The molecule has 0 aliphatic rings. The van der Waals surface area contributed by atoms with Gasteiger partial charge in [-0.3, -0.25) is 19.0 Å². The van der Waals surface area contributed by atoms with Crippen molar-refractivity contribution in [3.63, 3.8) is 0 Å². The quantitative estimate of drug-likeness (QED) is 0.794. The van der Waals surface area contributed by atoms with Crippen LogP contribution in [0.5, 0.6) is 0 Å². The van der Waals surface area contributed by atoms with Crippen molar-refractivity contribution in [2.24, 2.45) is 7.05 Å². The molecule has 3 heterocycles. The lowest BCUT2D eigenvalue weighted by Gasteiger charge is -2.08. The van der Waals surface area contributed by atoms with E-state index in [9.17, 15) is 14.7 Å². The van der Waals surface area contributed by atoms with Gasteiger partial charge in [0.2, 0.25) is 0 Å². The number of aryl methyl sites for hydroxylation is 2. The predicted molar refractivity (Wildman–Crippen MR) is 83.7 cm³/mol. The number of hydrogen-bond donors (Lipinski definition) is 1. The molecule has 3 rings (SSSR count). The minimum absolute atomic E-state index is 0.239. The van der Waals surface area contributed by atoms with Crippen molar-refractivity contribution in [3.8, 4) is 17.1 Å². The molecule has 23 heavy (non-hydrogen) atoms. The Kier molecular flexibility index (Phi) is 3.53. The third kappa shape index (κ3) is 2.52. The smallest absolute Gasteiger partial charge is 0.341 e. The van der Waals surface area contributed by atoms with Crippen LogP contribution in [0.15, 0.2) is 47.7 Å². The van der Waals surface area contributed by atoms with Crippen molar-refractivity contribution in [2.45, 2.75) is 6.92 Å². The van der Waals surface area contributed by atoms with Crippen LogP contribution in [0.1, 0.15) is 15.9 Å². The lowest BCUT2D eigenvalue weighted by molar-refractivity contribution is 0.0693. The molecule has 0 bridgehead atoms. The van der Waals surface area contributed by atoms with Crippen LogP contribution in [0.25, 0.3) is 17.1 Å². The molecule has 0 aliphatic heterocycles. The molecule has 0 saturated heterocycles. The number of rotatable bonds is 3. The highest BCUT2D eigenvalue weighted by molar-refractivity contribution is 5.88. The fraction of sp³-hybridized carbons (Fsp3) is 0.125. The third-order valence-corrected chi connectivity index (χ3v) is 3.57. The van der Waals surface area contributed by atoms with Crippen molar-refractivity contribution in [1.82, 2.24) is 19.3 Å². The Morgan fingerprint density at radius 3 is 2.74 bits per heavy atom. The van der Waals surface area contributed by atoms with Gasteiger partial charge in [-0.25, -0.2) is 4.79 Å². The van der Waals surface area contributed by atoms with Gasteiger partial charge < -0.3 is 5.11 Å². The molecule has 0 aromatic carbocycles. The lowest BCUT2D eigenvalue weighted by atomic mass is 10.1. The number of hydrogen-bond acceptors (Lipinski definition) is 4. The molecule has 3 aromatic heterocycles. The number of carboxylic acid groups (broad SMARTS) is 1. The van der Waals surface area contributed by atoms with E-state index in [0.717, 1.165) is 5.56 Å². The van der Waals surface area contributed by atoms with E-state index in [0.29, 0.717) is 17.1 Å². The summed E-state index contributed by atoms with van der Waals surface area (Å²) < 4.78 is 2.81. The highest BCUT2D eigenvalue weighted by atomic mass is 16.4. The van der Waals surface area contributed by atoms with Gasteiger partial charge in [0.15, 0.2) is 0 Å². The molecule has 7 nitrogen and oxygen atoms in total. The molecule has 0 saturated carbocycles. The van der Waals surface area contributed by atoms with Gasteiger partial charge in [0, 0.05) is 37.3 Å². The normalized spacial score (nSPS) is 10.7. The number of pyridine rings is 2. The summed E-state index contributed by atoms with van der Waals surface area (Å²) in [7, 11) is 1.70. The van der Waals surface area contributed by atoms with E-state index in [1.54, 1.807) is 50.8 Å². The summed E-state index contributed by atoms with van der Waals surface area (Å²) in [4.78, 5) is 27.8. The molecule has 0 spiro atoms. The van der Waals surface area contributed by atoms with E-state index in [1.807, 2.05) is 6.07 Å². The van der Waals surface area contributed by atoms with Crippen LogP contribution in [0.4, 0.5) is 0 Å². The monoisotopic (exact) mass is 310 g/mol. The highest BCUT2D eigenvalue weighted by Gasteiger charge is 2.17. The standard InChI is InChI=1S/C16H14N4O3/c1-10-5-7-20(15(21)14(10)16(22)23)13-8-12(18-19(13)2)11-4-3-6-17-9-11/h3-9H,1-2H3,(H,22,23). The van der Waals surface area contributed by atoms with E-state index in [2.05, 4.69) is 10.1 Å². The zero-order valence-electron chi connectivity index (χ0n) is 12.6. The minimum atomic E-state index is -1.24. The van der Waals surface area contributed by atoms with Crippen LogP contribution >= 0.6 is 0 Å². The topological polar surface area (TPSA) is 90.0 Å². The Morgan fingerprint density at radius 2 is 2.09 bits per heavy atom. The first kappa shape index (κ1) is 14.7. The molecule has 0 atom stereocenters. The van der Waals surface area contributed by atoms with Gasteiger partial charge in [0.05, 0.1) is 5.69 Å². The predicted octanol–water partition coefficient (Wildman–Crippen LogP) is 1.64. The Labute approximate surface area is 131 Å². The zero-order chi connectivity index (χ0) is 16.6. The van der Waals surface area contributed by atoms with Crippen molar-refractivity contribution in [3.05, 3.63) is 64.3 Å². The van der Waals surface area contributed by atoms with E-state index in [4.69, 9.17) is 0 Å². The molecule has 0 fully saturated rings. The second-order valence-corrected chi connectivity index (χ2v) is 5.11. The Bertz CT molecular complexity index is 942. The van der Waals surface area contributed by atoms with Gasteiger partial charge in [0.1, 0.15) is 11.4 Å². The average Bonchev–Trinajstić information content (AvgIpc) is 2.90. The lowest BCUT2D eigenvalue weighted by Crippen LogP contribution is -2.27. The Hall–Kier alpha value is -3.22. The zero-order valence-corrected chi connectivity index (χ0v) is 12.6. The number of carbonyl (C=O) groups is 1. The average molecular weight is 310 g/mol. The summed E-state index contributed by atoms with van der Waals surface area (Å²) in [6.45, 7) is 1.60. The summed E-state index contributed by atoms with van der Waals surface area (Å²) in [6.07, 6.45) is 4.89. The highest BCUT2D eigenvalue weighted by Crippen LogP contribution is 2.19. The fourth-order valence-corrected chi connectivity index (χ4v) is 2.41. The van der Waals surface area contributed by atoms with E-state index >= 15 is 0 Å². The number of carboxylic acids is 1. The SMILES string of the molecule is Cc1ccn(-c2cc(-c3cccnc3)nn2C)c(=O)c1C(=O)O. The maximum absolute atomic E-state index is 12.5. The van der Waals surface area contributed by atoms with Crippen molar-refractivity contribution < 1.29 is 9.90 Å². The molecule has 1 N–H and O–H groups in total. The van der Waals surface area contributed by atoms with Gasteiger partial charge in [0.25, 0.3) is 5.56 Å². The maximum Gasteiger partial charge on any atom is 0.341 e. The van der Waals surface area contributed by atoms with Crippen molar-refractivity contribution >= 4 is 5.97 Å². The van der Waals surface area contributed by atoms with Crippen LogP contribution in [-0.2, 0) is 7.05 Å². The first-order valence-corrected chi connectivity index (χ1v) is 6.89. The molecule has 0 unspecified atom stereocenters. The molecule has 0 radical (unpaired) electrons. The van der Waals surface area contributed by atoms with Crippen LogP contribution in [-0.4, -0.2) is 30.4 Å². The molecule has 116 valence electrons. The van der Waals surface area contributed by atoms with Gasteiger partial charge in [-0.2, -0.15) is 5.10 Å². The minimum Gasteiger partial charge on any atom is -0.477 e. The summed E-state index contributed by atoms with van der Waals surface area (Å²) in [5, 5.41) is 13.6. The molecule has 3 aromatic rings. The van der Waals surface area contributed by atoms with Gasteiger partial charge in [-0.15, -0.1) is 0 Å². The van der Waals surface area contributed by atoms with Gasteiger partial charge in [-0.05, 0) is 30.7 Å². The maximum atomic E-state index is 12.5. The number of aromatic carboxylic acids is 1. The van der Waals surface area contributed by atoms with E-state index < -0.39 is 11.5 Å². The second kappa shape index (κ2) is 5.53. The summed E-state index contributed by atoms with van der Waals surface area (Å²) >= 11 is 0. The van der Waals surface area contributed by atoms with Crippen LogP contribution in [0, 0.1) is 6.92 Å². The Balaban J connectivity index is 2.18. The van der Waals surface area contributed by atoms with E-state index in [-0.39, 0.29) is 5.56 Å². The van der Waals surface area contributed by atoms with Crippen LogP contribution < -0.4 is 5.56 Å². The van der Waals surface area contributed by atoms with Crippen molar-refractivity contribution in [2.75, 3.05) is 0 Å². The molecule has 7 heteroatoms. The number of nitrogens with zero attached hydrogens (tertiary/aromatic N) is 4. The van der Waals surface area contributed by atoms with Crippen molar-refractivity contribution in [1.29, 1.82) is 0 Å². The molecule has 0 amide bonds. The fourth-order valence-electron chi connectivity index (χ4n) is 2.41. The summed E-state index contributed by atoms with van der Waals surface area (Å²) in [6, 6.07) is 6.98. The first-order chi connectivity index (χ1) is 11.0. The molecular formula is C16H14N4O3. The second-order valence-electron chi connectivity index (χ2n) is 5.11. The Morgan fingerprint density at radius 1 is 1.30 bits per heavy atom. The largest absolute Gasteiger partial charge is 0.477 e. The van der Waals surface area contributed by atoms with E-state index in [1.165, 1.54) is 9.25 Å². The van der Waals surface area contributed by atoms with Gasteiger partial charge in [-0.1, -0.05) is 0 Å². The molecular weight excluding hydrogens is 296 g/mol. The first-order valence-electron chi connectivity index (χ1n) is 6.89.